The number of rotatable bonds is 4. The van der Waals surface area contributed by atoms with Gasteiger partial charge in [0, 0.05) is 35.9 Å². The number of H-pyrrole nitrogens is 2. The van der Waals surface area contributed by atoms with E-state index in [0.717, 1.165) is 18.4 Å². The maximum atomic E-state index is 13.1. The predicted molar refractivity (Wildman–Crippen MR) is 112 cm³/mol. The van der Waals surface area contributed by atoms with Crippen LogP contribution in [0.1, 0.15) is 63.4 Å². The fourth-order valence-corrected chi connectivity index (χ4v) is 4.46. The molecule has 0 atom stereocenters. The number of aryl methyl sites for hydroxylation is 1. The number of nitrogens with one attached hydrogen (secondary N) is 2. The number of aromatic nitrogens is 2. The Morgan fingerprint density at radius 1 is 1.17 bits per heavy atom. The quantitative estimate of drug-likeness (QED) is 0.649. The van der Waals surface area contributed by atoms with Gasteiger partial charge in [-0.15, -0.1) is 0 Å². The zero-order valence-electron chi connectivity index (χ0n) is 17.2. The lowest BCUT2D eigenvalue weighted by atomic mass is 9.89. The van der Waals surface area contributed by atoms with E-state index in [4.69, 9.17) is 4.74 Å². The van der Waals surface area contributed by atoms with Gasteiger partial charge in [-0.1, -0.05) is 18.2 Å². The number of fused-ring (bicyclic) bond motifs is 1. The van der Waals surface area contributed by atoms with Crippen molar-refractivity contribution in [1.29, 1.82) is 0 Å². The van der Waals surface area contributed by atoms with Gasteiger partial charge in [0.15, 0.2) is 0 Å². The lowest BCUT2D eigenvalue weighted by Crippen LogP contribution is -2.38. The zero-order chi connectivity index (χ0) is 20.5. The normalized spacial score (nSPS) is 15.1. The molecular formula is C23H27N3O3. The average Bonchev–Trinajstić information content (AvgIpc) is 3.28. The summed E-state index contributed by atoms with van der Waals surface area (Å²) in [5.74, 6) is 0.0196. The number of likely N-dealkylation sites (tertiary alicyclic amines) is 1. The topological polar surface area (TPSA) is 78.2 Å². The smallest absolute Gasteiger partial charge is 0.340 e. The fraction of sp³-hybridized carbons (Fsp3) is 0.391. The molecule has 0 saturated carbocycles. The number of piperidine rings is 1. The summed E-state index contributed by atoms with van der Waals surface area (Å²) in [6, 6.07) is 8.35. The van der Waals surface area contributed by atoms with Gasteiger partial charge in [0.05, 0.1) is 12.2 Å². The molecule has 2 N–H and O–H groups in total. The van der Waals surface area contributed by atoms with Crippen molar-refractivity contribution in [2.75, 3.05) is 19.7 Å². The number of para-hydroxylation sites is 1. The highest BCUT2D eigenvalue weighted by Gasteiger charge is 2.29. The molecule has 6 nitrogen and oxygen atoms in total. The van der Waals surface area contributed by atoms with Crippen molar-refractivity contribution in [3.8, 4) is 0 Å². The average molecular weight is 393 g/mol. The maximum absolute atomic E-state index is 13.1. The maximum Gasteiger partial charge on any atom is 0.340 e. The number of amides is 1. The van der Waals surface area contributed by atoms with Crippen LogP contribution in [-0.4, -0.2) is 46.4 Å². The third kappa shape index (κ3) is 3.43. The molecule has 0 aliphatic carbocycles. The summed E-state index contributed by atoms with van der Waals surface area (Å²) < 4.78 is 5.13. The van der Waals surface area contributed by atoms with Crippen molar-refractivity contribution in [2.24, 2.45) is 0 Å². The molecule has 152 valence electrons. The first kappa shape index (κ1) is 19.3. The third-order valence-corrected chi connectivity index (χ3v) is 5.97. The molecule has 1 amide bonds. The Balaban J connectivity index is 1.48. The Morgan fingerprint density at radius 2 is 1.90 bits per heavy atom. The summed E-state index contributed by atoms with van der Waals surface area (Å²) in [5, 5.41) is 1.27. The summed E-state index contributed by atoms with van der Waals surface area (Å²) in [7, 11) is 0. The standard InChI is InChI=1S/C23H27N3O3/c1-4-29-23(28)20-14(2)21(25-15(20)3)22(27)26-11-9-16(10-12-26)18-13-24-19-8-6-5-7-17(18)19/h5-8,13,16,24-25H,4,9-12H2,1-3H3. The van der Waals surface area contributed by atoms with Crippen LogP contribution in [-0.2, 0) is 4.74 Å². The van der Waals surface area contributed by atoms with Crippen molar-refractivity contribution in [3.05, 3.63) is 58.5 Å². The molecule has 2 aromatic heterocycles. The highest BCUT2D eigenvalue weighted by atomic mass is 16.5. The van der Waals surface area contributed by atoms with Gasteiger partial charge in [-0.2, -0.15) is 0 Å². The van der Waals surface area contributed by atoms with E-state index in [0.29, 0.717) is 48.1 Å². The molecule has 0 unspecified atom stereocenters. The highest BCUT2D eigenvalue weighted by molar-refractivity contribution is 6.00. The Morgan fingerprint density at radius 3 is 2.62 bits per heavy atom. The Labute approximate surface area is 170 Å². The molecule has 6 heteroatoms. The van der Waals surface area contributed by atoms with Crippen LogP contribution in [0.3, 0.4) is 0 Å². The molecule has 3 aromatic rings. The van der Waals surface area contributed by atoms with E-state index in [1.807, 2.05) is 17.9 Å². The van der Waals surface area contributed by atoms with Gasteiger partial charge in [-0.3, -0.25) is 4.79 Å². The number of hydrogen-bond donors (Lipinski definition) is 2. The Bertz CT molecular complexity index is 1050. The monoisotopic (exact) mass is 393 g/mol. The van der Waals surface area contributed by atoms with Crippen LogP contribution < -0.4 is 0 Å². The molecular weight excluding hydrogens is 366 g/mol. The zero-order valence-corrected chi connectivity index (χ0v) is 17.2. The first-order valence-corrected chi connectivity index (χ1v) is 10.2. The van der Waals surface area contributed by atoms with Gasteiger partial charge in [0.1, 0.15) is 5.69 Å². The summed E-state index contributed by atoms with van der Waals surface area (Å²) in [6.45, 7) is 7.11. The molecule has 4 rings (SSSR count). The van der Waals surface area contributed by atoms with Crippen LogP contribution in [0.5, 0.6) is 0 Å². The summed E-state index contributed by atoms with van der Waals surface area (Å²) >= 11 is 0. The van der Waals surface area contributed by atoms with Gasteiger partial charge in [-0.25, -0.2) is 4.79 Å². The highest BCUT2D eigenvalue weighted by Crippen LogP contribution is 2.33. The molecule has 1 saturated heterocycles. The van der Waals surface area contributed by atoms with Gasteiger partial charge in [0.25, 0.3) is 5.91 Å². The van der Waals surface area contributed by atoms with E-state index in [2.05, 4.69) is 34.4 Å². The minimum Gasteiger partial charge on any atom is -0.462 e. The van der Waals surface area contributed by atoms with E-state index in [-0.39, 0.29) is 11.9 Å². The minimum atomic E-state index is -0.379. The Hall–Kier alpha value is -3.02. The molecule has 1 aliphatic heterocycles. The van der Waals surface area contributed by atoms with Crippen LogP contribution in [0.25, 0.3) is 10.9 Å². The fourth-order valence-electron chi connectivity index (χ4n) is 4.46. The number of ether oxygens (including phenoxy) is 1. The first-order valence-electron chi connectivity index (χ1n) is 10.2. The Kier molecular flexibility index (Phi) is 5.18. The molecule has 1 aliphatic rings. The summed E-state index contributed by atoms with van der Waals surface area (Å²) in [5.41, 5.74) is 4.82. The number of benzene rings is 1. The van der Waals surface area contributed by atoms with Crippen molar-refractivity contribution in [2.45, 2.75) is 39.5 Å². The number of aromatic amines is 2. The van der Waals surface area contributed by atoms with Gasteiger partial charge >= 0.3 is 5.97 Å². The molecule has 3 heterocycles. The van der Waals surface area contributed by atoms with E-state index in [1.165, 1.54) is 10.9 Å². The molecule has 0 bridgehead atoms. The van der Waals surface area contributed by atoms with Gasteiger partial charge in [-0.05, 0) is 56.7 Å². The van der Waals surface area contributed by atoms with Crippen molar-refractivity contribution >= 4 is 22.8 Å². The lowest BCUT2D eigenvalue weighted by Gasteiger charge is -2.32. The van der Waals surface area contributed by atoms with Crippen LogP contribution in [0.2, 0.25) is 0 Å². The SMILES string of the molecule is CCOC(=O)c1c(C)[nH]c(C(=O)N2CCC(c3c[nH]c4ccccc34)CC2)c1C. The van der Waals surface area contributed by atoms with E-state index < -0.39 is 0 Å². The van der Waals surface area contributed by atoms with E-state index >= 15 is 0 Å². The molecule has 0 radical (unpaired) electrons. The third-order valence-electron chi connectivity index (χ3n) is 5.97. The van der Waals surface area contributed by atoms with E-state index in [9.17, 15) is 9.59 Å². The summed E-state index contributed by atoms with van der Waals surface area (Å²) in [6.07, 6.45) is 3.96. The molecule has 0 spiro atoms. The van der Waals surface area contributed by atoms with Crippen LogP contribution in [0.15, 0.2) is 30.5 Å². The number of nitrogens with zero attached hydrogens (tertiary/aromatic N) is 1. The first-order chi connectivity index (χ1) is 14.0. The van der Waals surface area contributed by atoms with E-state index in [1.54, 1.807) is 13.8 Å². The van der Waals surface area contributed by atoms with Crippen molar-refractivity contribution in [3.63, 3.8) is 0 Å². The number of carbonyl (C=O) groups excluding carboxylic acids is 2. The lowest BCUT2D eigenvalue weighted by molar-refractivity contribution is 0.0525. The number of carbonyl (C=O) groups is 2. The molecule has 1 fully saturated rings. The minimum absolute atomic E-state index is 0.0430. The second-order valence-corrected chi connectivity index (χ2v) is 7.70. The summed E-state index contributed by atoms with van der Waals surface area (Å²) in [4.78, 5) is 33.7. The van der Waals surface area contributed by atoms with Crippen molar-refractivity contribution < 1.29 is 14.3 Å². The van der Waals surface area contributed by atoms with Crippen molar-refractivity contribution in [1.82, 2.24) is 14.9 Å². The van der Waals surface area contributed by atoms with Crippen LogP contribution in [0.4, 0.5) is 0 Å². The largest absolute Gasteiger partial charge is 0.462 e. The van der Waals surface area contributed by atoms with Gasteiger partial charge < -0.3 is 19.6 Å². The van der Waals surface area contributed by atoms with Gasteiger partial charge in [0.2, 0.25) is 0 Å². The second-order valence-electron chi connectivity index (χ2n) is 7.70. The second kappa shape index (κ2) is 7.78. The molecule has 1 aromatic carbocycles. The number of hydrogen-bond acceptors (Lipinski definition) is 3. The predicted octanol–water partition coefficient (Wildman–Crippen LogP) is 4.31. The molecule has 29 heavy (non-hydrogen) atoms. The van der Waals surface area contributed by atoms with Crippen LogP contribution >= 0.6 is 0 Å². The van der Waals surface area contributed by atoms with Crippen LogP contribution in [0, 0.1) is 13.8 Å². The number of esters is 1.